The van der Waals surface area contributed by atoms with E-state index in [0.717, 1.165) is 24.8 Å². The number of nitrogens with one attached hydrogen (secondary N) is 1. The summed E-state index contributed by atoms with van der Waals surface area (Å²) in [4.78, 5) is 13.1. The highest BCUT2D eigenvalue weighted by atomic mass is 32.2. The number of nitrogens with zero attached hydrogens (tertiary/aromatic N) is 2. The fourth-order valence-corrected chi connectivity index (χ4v) is 7.77. The van der Waals surface area contributed by atoms with Crippen molar-refractivity contribution in [3.8, 4) is 5.75 Å². The van der Waals surface area contributed by atoms with Crippen LogP contribution in [-0.4, -0.2) is 67.6 Å². The monoisotopic (exact) mass is 557 g/mol. The van der Waals surface area contributed by atoms with Crippen LogP contribution in [0.5, 0.6) is 5.75 Å². The van der Waals surface area contributed by atoms with E-state index in [2.05, 4.69) is 5.32 Å². The quantitative estimate of drug-likeness (QED) is 0.401. The van der Waals surface area contributed by atoms with Crippen molar-refractivity contribution in [3.63, 3.8) is 0 Å². The zero-order valence-electron chi connectivity index (χ0n) is 23.2. The van der Waals surface area contributed by atoms with Crippen molar-refractivity contribution in [1.82, 2.24) is 13.9 Å². The first-order chi connectivity index (χ1) is 18.8. The third kappa shape index (κ3) is 7.01. The van der Waals surface area contributed by atoms with Gasteiger partial charge in [0.15, 0.2) is 0 Å². The van der Waals surface area contributed by atoms with E-state index in [0.29, 0.717) is 56.3 Å². The Morgan fingerprint density at radius 3 is 2.36 bits per heavy atom. The molecule has 8 nitrogen and oxygen atoms in total. The highest BCUT2D eigenvalue weighted by Gasteiger charge is 2.42. The Balaban J connectivity index is 1.47. The zero-order chi connectivity index (χ0) is 27.9. The molecular weight excluding hydrogens is 514 g/mol. The summed E-state index contributed by atoms with van der Waals surface area (Å²) in [7, 11) is -2.29. The molecule has 0 spiro atoms. The number of hydrogen-bond donors (Lipinski definition) is 2. The summed E-state index contributed by atoms with van der Waals surface area (Å²) in [5, 5.41) is 13.5. The van der Waals surface area contributed by atoms with Gasteiger partial charge < -0.3 is 15.2 Å². The van der Waals surface area contributed by atoms with E-state index in [1.807, 2.05) is 36.4 Å². The maximum atomic E-state index is 13.7. The van der Waals surface area contributed by atoms with Gasteiger partial charge in [-0.1, -0.05) is 74.6 Å². The van der Waals surface area contributed by atoms with Crippen LogP contribution in [-0.2, 0) is 15.6 Å². The zero-order valence-corrected chi connectivity index (χ0v) is 24.0. The van der Waals surface area contributed by atoms with Crippen LogP contribution >= 0.6 is 0 Å². The second-order valence-electron chi connectivity index (χ2n) is 11.0. The summed E-state index contributed by atoms with van der Waals surface area (Å²) in [5.41, 5.74) is 1.13. The van der Waals surface area contributed by atoms with E-state index in [1.165, 1.54) is 34.8 Å². The minimum absolute atomic E-state index is 0.221. The SMILES string of the molecule is COc1ccccc1C(=O)NCC1(c2ccccc2)CCN(S(=O)(=O)N(CCC2CCCCC2)C(C)O)CC1. The lowest BCUT2D eigenvalue weighted by Crippen LogP contribution is -2.54. The molecule has 0 bridgehead atoms. The average molecular weight is 558 g/mol. The average Bonchev–Trinajstić information content (AvgIpc) is 2.97. The summed E-state index contributed by atoms with van der Waals surface area (Å²) in [6.07, 6.45) is 6.74. The van der Waals surface area contributed by atoms with Gasteiger partial charge in [-0.25, -0.2) is 0 Å². The fourth-order valence-electron chi connectivity index (χ4n) is 6.11. The van der Waals surface area contributed by atoms with Crippen molar-refractivity contribution < 1.29 is 23.1 Å². The second kappa shape index (κ2) is 13.3. The van der Waals surface area contributed by atoms with Crippen molar-refractivity contribution in [2.24, 2.45) is 5.92 Å². The second-order valence-corrected chi connectivity index (χ2v) is 12.9. The molecule has 1 aliphatic carbocycles. The molecule has 0 radical (unpaired) electrons. The maximum absolute atomic E-state index is 13.7. The van der Waals surface area contributed by atoms with Gasteiger partial charge in [-0.2, -0.15) is 17.0 Å². The summed E-state index contributed by atoms with van der Waals surface area (Å²) in [6, 6.07) is 17.1. The molecule has 2 aromatic rings. The Morgan fingerprint density at radius 1 is 1.08 bits per heavy atom. The van der Waals surface area contributed by atoms with Crippen LogP contribution in [0.4, 0.5) is 0 Å². The highest BCUT2D eigenvalue weighted by molar-refractivity contribution is 7.86. The third-order valence-electron chi connectivity index (χ3n) is 8.53. The van der Waals surface area contributed by atoms with Crippen molar-refractivity contribution in [1.29, 1.82) is 0 Å². The van der Waals surface area contributed by atoms with Gasteiger partial charge in [0, 0.05) is 31.6 Å². The van der Waals surface area contributed by atoms with Crippen molar-refractivity contribution in [3.05, 3.63) is 65.7 Å². The number of hydrogen-bond acceptors (Lipinski definition) is 5. The van der Waals surface area contributed by atoms with Crippen LogP contribution in [0.15, 0.2) is 54.6 Å². The van der Waals surface area contributed by atoms with E-state index < -0.39 is 21.9 Å². The largest absolute Gasteiger partial charge is 0.496 e. The highest BCUT2D eigenvalue weighted by Crippen LogP contribution is 2.37. The number of amides is 1. The van der Waals surface area contributed by atoms with Gasteiger partial charge in [-0.15, -0.1) is 0 Å². The molecule has 0 aromatic heterocycles. The Labute approximate surface area is 233 Å². The molecule has 1 heterocycles. The Bertz CT molecular complexity index is 1170. The molecule has 2 aromatic carbocycles. The lowest BCUT2D eigenvalue weighted by atomic mass is 9.73. The van der Waals surface area contributed by atoms with Gasteiger partial charge in [0.2, 0.25) is 0 Å². The first kappa shape index (κ1) is 29.5. The smallest absolute Gasteiger partial charge is 0.284 e. The first-order valence-corrected chi connectivity index (χ1v) is 15.6. The van der Waals surface area contributed by atoms with E-state index >= 15 is 0 Å². The number of ether oxygens (including phenoxy) is 1. The molecule has 4 rings (SSSR count). The number of methoxy groups -OCH3 is 1. The third-order valence-corrected chi connectivity index (χ3v) is 10.6. The number of carbonyl (C=O) groups excluding carboxylic acids is 1. The van der Waals surface area contributed by atoms with E-state index in [-0.39, 0.29) is 5.91 Å². The van der Waals surface area contributed by atoms with Gasteiger partial charge in [-0.3, -0.25) is 4.79 Å². The van der Waals surface area contributed by atoms with Crippen LogP contribution < -0.4 is 10.1 Å². The van der Waals surface area contributed by atoms with E-state index in [1.54, 1.807) is 25.3 Å². The molecule has 1 amide bonds. The van der Waals surface area contributed by atoms with Crippen LogP contribution in [0.2, 0.25) is 0 Å². The molecule has 2 aliphatic rings. The van der Waals surface area contributed by atoms with Gasteiger partial charge in [0.05, 0.1) is 12.7 Å². The van der Waals surface area contributed by atoms with Crippen LogP contribution in [0.25, 0.3) is 0 Å². The predicted molar refractivity (Wildman–Crippen MR) is 153 cm³/mol. The van der Waals surface area contributed by atoms with Crippen molar-refractivity contribution >= 4 is 16.1 Å². The van der Waals surface area contributed by atoms with Crippen LogP contribution in [0.3, 0.4) is 0 Å². The summed E-state index contributed by atoms with van der Waals surface area (Å²) < 4.78 is 35.5. The first-order valence-electron chi connectivity index (χ1n) is 14.2. The van der Waals surface area contributed by atoms with Crippen molar-refractivity contribution in [2.45, 2.75) is 69.9 Å². The summed E-state index contributed by atoms with van der Waals surface area (Å²) in [5.74, 6) is 0.811. The Hall–Kier alpha value is -2.46. The van der Waals surface area contributed by atoms with Gasteiger partial charge >= 0.3 is 0 Å². The minimum atomic E-state index is -3.83. The van der Waals surface area contributed by atoms with Crippen LogP contribution in [0.1, 0.15) is 74.2 Å². The van der Waals surface area contributed by atoms with Crippen molar-refractivity contribution in [2.75, 3.05) is 33.3 Å². The lowest BCUT2D eigenvalue weighted by molar-refractivity contribution is 0.0672. The van der Waals surface area contributed by atoms with E-state index in [4.69, 9.17) is 4.74 Å². The fraction of sp³-hybridized carbons (Fsp3) is 0.567. The standard InChI is InChI=1S/C30H43N3O5S/c1-24(34)33(20-17-25-11-5-3-6-12-25)39(36,37)32-21-18-30(19-22-32,26-13-7-4-8-14-26)23-31-29(35)27-15-9-10-16-28(27)38-2/h4,7-10,13-16,24-25,34H,3,5-6,11-12,17-23H2,1-2H3,(H,31,35). The Kier molecular flexibility index (Phi) is 10.0. The number of rotatable bonds is 11. The molecule has 2 fully saturated rings. The molecule has 39 heavy (non-hydrogen) atoms. The number of carbonyl (C=O) groups is 1. The molecule has 2 N–H and O–H groups in total. The molecule has 1 saturated carbocycles. The normalized spacial score (nSPS) is 19.5. The molecular formula is C30H43N3O5S. The number of para-hydroxylation sites is 1. The maximum Gasteiger partial charge on any atom is 0.284 e. The van der Waals surface area contributed by atoms with E-state index in [9.17, 15) is 18.3 Å². The molecule has 1 aliphatic heterocycles. The topological polar surface area (TPSA) is 99.2 Å². The summed E-state index contributed by atoms with van der Waals surface area (Å²) in [6.45, 7) is 2.87. The number of aliphatic hydroxyl groups excluding tert-OH is 1. The van der Waals surface area contributed by atoms with Gasteiger partial charge in [0.25, 0.3) is 16.1 Å². The molecule has 1 atom stereocenters. The minimum Gasteiger partial charge on any atom is -0.496 e. The van der Waals surface area contributed by atoms with Crippen LogP contribution in [0, 0.1) is 5.92 Å². The summed E-state index contributed by atoms with van der Waals surface area (Å²) >= 11 is 0. The van der Waals surface area contributed by atoms with Gasteiger partial charge in [-0.05, 0) is 49.8 Å². The molecule has 9 heteroatoms. The number of aliphatic hydroxyl groups is 1. The molecule has 214 valence electrons. The van der Waals surface area contributed by atoms with Gasteiger partial charge in [0.1, 0.15) is 12.0 Å². The predicted octanol–water partition coefficient (Wildman–Crippen LogP) is 4.31. The number of benzene rings is 2. The molecule has 1 unspecified atom stereocenters. The lowest BCUT2D eigenvalue weighted by Gasteiger charge is -2.43. The molecule has 1 saturated heterocycles. The Morgan fingerprint density at radius 2 is 1.72 bits per heavy atom. The number of piperidine rings is 1.